The lowest BCUT2D eigenvalue weighted by Crippen LogP contribution is -2.47. The van der Waals surface area contributed by atoms with Crippen LogP contribution < -0.4 is 19.1 Å². The summed E-state index contributed by atoms with van der Waals surface area (Å²) in [5.74, 6) is -0.913. The fraction of sp³-hybridized carbons (Fsp3) is 0.442. The third-order valence-corrected chi connectivity index (χ3v) is 15.9. The number of nitrogens with zero attached hydrogens (tertiary/aromatic N) is 6. The Morgan fingerprint density at radius 2 is 1.74 bits per heavy atom. The van der Waals surface area contributed by atoms with Crippen molar-refractivity contribution in [3.8, 4) is 23.3 Å². The molecule has 0 bridgehead atoms. The van der Waals surface area contributed by atoms with Crippen LogP contribution in [0.2, 0.25) is 5.02 Å². The van der Waals surface area contributed by atoms with Gasteiger partial charge in [0.25, 0.3) is 15.9 Å². The molecule has 3 fully saturated rings. The highest BCUT2D eigenvalue weighted by Gasteiger charge is 2.42. The molecule has 18 heteroatoms. The van der Waals surface area contributed by atoms with Crippen molar-refractivity contribution in [2.75, 3.05) is 50.8 Å². The molecule has 0 unspecified atom stereocenters. The molecule has 1 aliphatic heterocycles. The second kappa shape index (κ2) is 20.3. The molecule has 3 heterocycles. The summed E-state index contributed by atoms with van der Waals surface area (Å²) in [7, 11) is -4.70. The predicted octanol–water partition coefficient (Wildman–Crippen LogP) is 10.2. The molecule has 2 aromatic heterocycles. The van der Waals surface area contributed by atoms with E-state index in [1.165, 1.54) is 29.0 Å². The molecule has 1 saturated heterocycles. The number of ether oxygens (including phenoxy) is 2. The predicted molar refractivity (Wildman–Crippen MR) is 267 cm³/mol. The van der Waals surface area contributed by atoms with Gasteiger partial charge in [0.1, 0.15) is 29.4 Å². The highest BCUT2D eigenvalue weighted by molar-refractivity contribution is 7.90. The Balaban J connectivity index is 0.889. The number of aromatic nitrogens is 2. The standard InChI is InChI=1S/C52H58ClFN8O7S/c1-51(2)18-14-37(45(31-51)35-4-6-38(53)7-5-35)33-59-24-26-60(27-25-59)41-10-12-44(48(29-41)69-42-28-36-17-22-56-49(36)57-32-42)50(63)58-70(66,67)43-11-13-47(46(30-43)62(64)65)68-34-52(54)19-15-40(16-20-52)61(23-3-21-55)39-8-9-39/h4-7,10-13,17,22,28-30,32,39-40H,3,8-9,14-16,18-20,23-27,31,33-34H2,1-2H3,(H,56,57)(H,58,63). The van der Waals surface area contributed by atoms with E-state index in [2.05, 4.69) is 61.4 Å². The van der Waals surface area contributed by atoms with Crippen LogP contribution in [0.15, 0.2) is 95.7 Å². The number of halogens is 2. The van der Waals surface area contributed by atoms with Crippen LogP contribution in [0.1, 0.15) is 94.0 Å². The van der Waals surface area contributed by atoms with Gasteiger partial charge in [-0.3, -0.25) is 24.7 Å². The van der Waals surface area contributed by atoms with Crippen LogP contribution in [-0.2, 0) is 10.0 Å². The number of nitrogens with one attached hydrogen (secondary N) is 2. The lowest BCUT2D eigenvalue weighted by Gasteiger charge is -2.39. The minimum atomic E-state index is -4.70. The number of carbonyl (C=O) groups excluding carboxylic acids is 1. The number of H-pyrrole nitrogens is 1. The molecule has 9 rings (SSSR count). The molecule has 4 aliphatic rings. The van der Waals surface area contributed by atoms with E-state index in [0.717, 1.165) is 81.0 Å². The van der Waals surface area contributed by atoms with Crippen molar-refractivity contribution < 1.29 is 32.0 Å². The van der Waals surface area contributed by atoms with E-state index in [0.29, 0.717) is 61.4 Å². The van der Waals surface area contributed by atoms with Gasteiger partial charge in [-0.2, -0.15) is 5.26 Å². The number of benzene rings is 3. The smallest absolute Gasteiger partial charge is 0.312 e. The molecule has 70 heavy (non-hydrogen) atoms. The van der Waals surface area contributed by atoms with Gasteiger partial charge in [0.2, 0.25) is 0 Å². The number of hydrogen-bond acceptors (Lipinski definition) is 12. The average molecular weight is 994 g/mol. The number of amides is 1. The lowest BCUT2D eigenvalue weighted by atomic mass is 9.72. The summed E-state index contributed by atoms with van der Waals surface area (Å²) in [4.78, 5) is 39.4. The van der Waals surface area contributed by atoms with Gasteiger partial charge in [-0.15, -0.1) is 0 Å². The molecule has 2 N–H and O–H groups in total. The fourth-order valence-electron chi connectivity index (χ4n) is 10.2. The zero-order valence-corrected chi connectivity index (χ0v) is 41.0. The Labute approximate surface area is 412 Å². The van der Waals surface area contributed by atoms with E-state index in [4.69, 9.17) is 26.3 Å². The molecule has 15 nitrogen and oxygen atoms in total. The number of nitriles is 1. The van der Waals surface area contributed by atoms with Crippen molar-refractivity contribution in [2.45, 2.75) is 101 Å². The number of aromatic amines is 1. The number of alkyl halides is 1. The monoisotopic (exact) mass is 992 g/mol. The summed E-state index contributed by atoms with van der Waals surface area (Å²) in [6.45, 7) is 8.68. The van der Waals surface area contributed by atoms with Crippen molar-refractivity contribution in [1.82, 2.24) is 24.5 Å². The third-order valence-electron chi connectivity index (χ3n) is 14.3. The third kappa shape index (κ3) is 11.4. The molecule has 368 valence electrons. The summed E-state index contributed by atoms with van der Waals surface area (Å²) in [5.41, 5.74) is 3.15. The number of fused-ring (bicyclic) bond motifs is 1. The van der Waals surface area contributed by atoms with Gasteiger partial charge >= 0.3 is 5.69 Å². The molecule has 1 amide bonds. The minimum Gasteiger partial charge on any atom is -0.483 e. The molecule has 5 aromatic rings. The van der Waals surface area contributed by atoms with Gasteiger partial charge in [0.15, 0.2) is 5.75 Å². The summed E-state index contributed by atoms with van der Waals surface area (Å²) < 4.78 is 57.8. The van der Waals surface area contributed by atoms with Gasteiger partial charge in [-0.05, 0) is 123 Å². The number of carbonyl (C=O) groups is 1. The second-order valence-corrected chi connectivity index (χ2v) is 22.1. The number of nitro benzene ring substituents is 1. The zero-order valence-electron chi connectivity index (χ0n) is 39.5. The zero-order chi connectivity index (χ0) is 49.2. The topological polar surface area (TPSA) is 187 Å². The average Bonchev–Trinajstić information content (AvgIpc) is 4.08. The number of allylic oxidation sites excluding steroid dienone is 1. The van der Waals surface area contributed by atoms with Gasteiger partial charge < -0.3 is 19.4 Å². The van der Waals surface area contributed by atoms with Crippen LogP contribution >= 0.6 is 11.6 Å². The van der Waals surface area contributed by atoms with Gasteiger partial charge in [0.05, 0.1) is 27.6 Å². The molecule has 0 radical (unpaired) electrons. The van der Waals surface area contributed by atoms with Gasteiger partial charge in [0, 0.05) is 92.2 Å². The van der Waals surface area contributed by atoms with E-state index in [-0.39, 0.29) is 41.4 Å². The van der Waals surface area contributed by atoms with Crippen LogP contribution in [0.25, 0.3) is 16.6 Å². The first-order chi connectivity index (χ1) is 33.5. The van der Waals surface area contributed by atoms with Crippen molar-refractivity contribution in [2.24, 2.45) is 5.41 Å². The first kappa shape index (κ1) is 48.9. The van der Waals surface area contributed by atoms with E-state index < -0.39 is 43.7 Å². The van der Waals surface area contributed by atoms with Gasteiger partial charge in [-0.25, -0.2) is 22.5 Å². The number of hydrogen-bond donors (Lipinski definition) is 2. The van der Waals surface area contributed by atoms with Crippen LogP contribution in [0.4, 0.5) is 15.8 Å². The minimum absolute atomic E-state index is 0.0817. The SMILES string of the molecule is CC1(C)CCC(CN2CCN(c3ccc(C(=O)NS(=O)(=O)c4ccc(OCC5(F)CCC(N(CCC#N)C6CC6)CC5)c([N+](=O)[O-])c4)c(Oc4cnc5[nH]ccc5c4)c3)CC2)=C(c2ccc(Cl)cc2)C1. The number of anilines is 1. The van der Waals surface area contributed by atoms with Crippen molar-refractivity contribution in [3.05, 3.63) is 117 Å². The highest BCUT2D eigenvalue weighted by atomic mass is 35.5. The summed E-state index contributed by atoms with van der Waals surface area (Å²) in [6.07, 6.45) is 10.4. The fourth-order valence-corrected chi connectivity index (χ4v) is 11.3. The van der Waals surface area contributed by atoms with Crippen LogP contribution in [0, 0.1) is 26.9 Å². The molecule has 0 spiro atoms. The van der Waals surface area contributed by atoms with Crippen LogP contribution in [0.5, 0.6) is 17.2 Å². The van der Waals surface area contributed by atoms with Crippen molar-refractivity contribution in [3.63, 3.8) is 0 Å². The maximum absolute atomic E-state index is 16.1. The summed E-state index contributed by atoms with van der Waals surface area (Å²) in [6, 6.07) is 22.5. The van der Waals surface area contributed by atoms with Crippen molar-refractivity contribution in [1.29, 1.82) is 5.26 Å². The van der Waals surface area contributed by atoms with E-state index in [1.807, 2.05) is 18.2 Å². The van der Waals surface area contributed by atoms with E-state index in [9.17, 15) is 23.3 Å². The Morgan fingerprint density at radius 3 is 2.46 bits per heavy atom. The van der Waals surface area contributed by atoms with E-state index >= 15 is 4.39 Å². The second-order valence-electron chi connectivity index (χ2n) is 19.9. The molecular weight excluding hydrogens is 935 g/mol. The number of rotatable bonds is 17. The summed E-state index contributed by atoms with van der Waals surface area (Å²) in [5, 5.41) is 22.9. The number of nitro groups is 1. The molecule has 0 atom stereocenters. The first-order valence-electron chi connectivity index (χ1n) is 24.0. The highest BCUT2D eigenvalue weighted by Crippen LogP contribution is 2.44. The largest absolute Gasteiger partial charge is 0.483 e. The maximum Gasteiger partial charge on any atom is 0.312 e. The first-order valence-corrected chi connectivity index (χ1v) is 25.9. The van der Waals surface area contributed by atoms with Crippen LogP contribution in [-0.4, -0.2) is 103 Å². The quantitative estimate of drug-likeness (QED) is 0.0664. The maximum atomic E-state index is 16.1. The molecule has 2 saturated carbocycles. The van der Waals surface area contributed by atoms with Crippen molar-refractivity contribution >= 4 is 55.5 Å². The Bertz CT molecular complexity index is 2940. The molecular formula is C52H58ClFN8O7S. The number of piperazine rings is 1. The Hall–Kier alpha value is -6.06. The van der Waals surface area contributed by atoms with Gasteiger partial charge in [-0.1, -0.05) is 43.2 Å². The van der Waals surface area contributed by atoms with E-state index in [1.54, 1.807) is 24.4 Å². The lowest BCUT2D eigenvalue weighted by molar-refractivity contribution is -0.386. The normalized spacial score (nSPS) is 20.9. The number of sulfonamides is 1. The Morgan fingerprint density at radius 1 is 1.00 bits per heavy atom. The molecule has 3 aliphatic carbocycles. The van der Waals surface area contributed by atoms with Crippen LogP contribution in [0.3, 0.4) is 0 Å². The molecule has 3 aromatic carbocycles. The Kier molecular flexibility index (Phi) is 14.2. The summed E-state index contributed by atoms with van der Waals surface area (Å²) >= 11 is 6.25. The number of pyridine rings is 1.